The molecule has 4 heteroatoms. The molecule has 0 aliphatic heterocycles. The number of para-hydroxylation sites is 1. The molecule has 0 aliphatic carbocycles. The minimum absolute atomic E-state index is 0.0153. The highest BCUT2D eigenvalue weighted by Gasteiger charge is 2.14. The van der Waals surface area contributed by atoms with E-state index in [1.807, 2.05) is 67.1 Å². The summed E-state index contributed by atoms with van der Waals surface area (Å²) in [5.74, 6) is 0.0373. The largest absolute Gasteiger partial charge is 0.353 e. The summed E-state index contributed by atoms with van der Waals surface area (Å²) in [6.45, 7) is 4.03. The van der Waals surface area contributed by atoms with Gasteiger partial charge in [0.25, 0.3) is 0 Å². The van der Waals surface area contributed by atoms with Crippen molar-refractivity contribution in [1.82, 2.24) is 15.1 Å². The van der Waals surface area contributed by atoms with Crippen molar-refractivity contribution in [3.05, 3.63) is 95.8 Å². The molecule has 0 spiro atoms. The molecule has 1 heterocycles. The van der Waals surface area contributed by atoms with Crippen molar-refractivity contribution in [1.29, 1.82) is 0 Å². The van der Waals surface area contributed by atoms with Crippen LogP contribution in [0.5, 0.6) is 0 Å². The van der Waals surface area contributed by atoms with E-state index in [0.29, 0.717) is 6.42 Å². The van der Waals surface area contributed by atoms with Gasteiger partial charge in [-0.15, -0.1) is 0 Å². The van der Waals surface area contributed by atoms with Gasteiger partial charge in [-0.1, -0.05) is 60.7 Å². The summed E-state index contributed by atoms with van der Waals surface area (Å²) in [5, 5.41) is 10.1. The van der Waals surface area contributed by atoms with E-state index in [0.717, 1.165) is 34.4 Å². The molecule has 0 fully saturated rings. The predicted octanol–water partition coefficient (Wildman–Crippen LogP) is 4.62. The van der Waals surface area contributed by atoms with Crippen LogP contribution in [0.25, 0.3) is 16.5 Å². The zero-order valence-corrected chi connectivity index (χ0v) is 16.8. The maximum atomic E-state index is 12.6. The molecular weight excluding hydrogens is 358 g/mol. The lowest BCUT2D eigenvalue weighted by Crippen LogP contribution is -2.35. The molecule has 0 bridgehead atoms. The second-order valence-corrected chi connectivity index (χ2v) is 7.56. The molecule has 0 unspecified atom stereocenters. The number of rotatable bonds is 6. The Balaban J connectivity index is 1.42. The average Bonchev–Trinajstić information content (AvgIpc) is 3.08. The first-order valence-electron chi connectivity index (χ1n) is 9.96. The number of nitrogens with zero attached hydrogens (tertiary/aromatic N) is 2. The first-order chi connectivity index (χ1) is 14.1. The van der Waals surface area contributed by atoms with Crippen molar-refractivity contribution >= 4 is 16.7 Å². The van der Waals surface area contributed by atoms with Crippen LogP contribution in [-0.4, -0.2) is 21.7 Å². The highest BCUT2D eigenvalue weighted by atomic mass is 16.1. The third kappa shape index (κ3) is 4.54. The number of aryl methyl sites for hydroxylation is 1. The topological polar surface area (TPSA) is 46.9 Å². The molecule has 1 aromatic heterocycles. The lowest BCUT2D eigenvalue weighted by Gasteiger charge is -2.15. The van der Waals surface area contributed by atoms with Gasteiger partial charge in [-0.05, 0) is 48.4 Å². The van der Waals surface area contributed by atoms with Gasteiger partial charge < -0.3 is 5.32 Å². The average molecular weight is 383 g/mol. The van der Waals surface area contributed by atoms with Crippen LogP contribution in [0.15, 0.2) is 78.9 Å². The summed E-state index contributed by atoms with van der Waals surface area (Å²) < 4.78 is 1.96. The number of carbonyl (C=O) groups excluding carboxylic acids is 1. The normalized spacial score (nSPS) is 12.1. The molecular formula is C25H25N3O. The Morgan fingerprint density at radius 3 is 2.48 bits per heavy atom. The maximum Gasteiger partial charge on any atom is 0.224 e. The fourth-order valence-electron chi connectivity index (χ4n) is 3.72. The number of carbonyl (C=O) groups is 1. The van der Waals surface area contributed by atoms with E-state index in [1.54, 1.807) is 0 Å². The van der Waals surface area contributed by atoms with Crippen LogP contribution in [0.4, 0.5) is 0 Å². The van der Waals surface area contributed by atoms with Crippen molar-refractivity contribution in [2.45, 2.75) is 32.7 Å². The van der Waals surface area contributed by atoms with Crippen molar-refractivity contribution in [3.8, 4) is 5.69 Å². The van der Waals surface area contributed by atoms with Crippen molar-refractivity contribution in [2.24, 2.45) is 0 Å². The van der Waals surface area contributed by atoms with Crippen molar-refractivity contribution in [2.75, 3.05) is 0 Å². The minimum atomic E-state index is 0.0153. The Morgan fingerprint density at radius 1 is 0.966 bits per heavy atom. The Morgan fingerprint density at radius 2 is 1.69 bits per heavy atom. The monoisotopic (exact) mass is 383 g/mol. The molecule has 0 radical (unpaired) electrons. The Labute approximate surface area is 171 Å². The number of amides is 1. The maximum absolute atomic E-state index is 12.6. The van der Waals surface area contributed by atoms with Crippen LogP contribution >= 0.6 is 0 Å². The summed E-state index contributed by atoms with van der Waals surface area (Å²) in [5.41, 5.74) is 4.12. The zero-order valence-electron chi connectivity index (χ0n) is 16.8. The zero-order chi connectivity index (χ0) is 20.2. The molecule has 4 rings (SSSR count). The van der Waals surface area contributed by atoms with Gasteiger partial charge in [0.1, 0.15) is 0 Å². The standard InChI is InChI=1S/C25H25N3O/c1-18(14-24-15-19(2)27-28(24)23-10-4-3-5-11-23)26-25(29)17-20-12-13-21-8-6-7-9-22(21)16-20/h3-13,15-16,18H,14,17H2,1-2H3,(H,26,29)/t18-/m0/s1. The highest BCUT2D eigenvalue weighted by molar-refractivity contribution is 5.85. The van der Waals surface area contributed by atoms with Gasteiger partial charge in [-0.3, -0.25) is 4.79 Å². The van der Waals surface area contributed by atoms with E-state index in [4.69, 9.17) is 0 Å². The fourth-order valence-corrected chi connectivity index (χ4v) is 3.72. The van der Waals surface area contributed by atoms with Crippen LogP contribution in [0.2, 0.25) is 0 Å². The molecule has 29 heavy (non-hydrogen) atoms. The van der Waals surface area contributed by atoms with Gasteiger partial charge in [0, 0.05) is 18.2 Å². The fraction of sp³-hybridized carbons (Fsp3) is 0.200. The molecule has 1 N–H and O–H groups in total. The van der Waals surface area contributed by atoms with E-state index in [2.05, 4.69) is 40.7 Å². The predicted molar refractivity (Wildman–Crippen MR) is 117 cm³/mol. The van der Waals surface area contributed by atoms with Gasteiger partial charge in [-0.25, -0.2) is 4.68 Å². The number of hydrogen-bond acceptors (Lipinski definition) is 2. The summed E-state index contributed by atoms with van der Waals surface area (Å²) in [4.78, 5) is 12.6. The summed E-state index contributed by atoms with van der Waals surface area (Å²) in [7, 11) is 0. The van der Waals surface area contributed by atoms with E-state index >= 15 is 0 Å². The summed E-state index contributed by atoms with van der Waals surface area (Å²) in [6, 6.07) is 26.6. The van der Waals surface area contributed by atoms with Crippen molar-refractivity contribution in [3.63, 3.8) is 0 Å². The quantitative estimate of drug-likeness (QED) is 0.528. The molecule has 4 aromatic rings. The SMILES string of the molecule is Cc1cc(C[C@H](C)NC(=O)Cc2ccc3ccccc3c2)n(-c2ccccc2)n1. The number of nitrogens with one attached hydrogen (secondary N) is 1. The van der Waals surface area contributed by atoms with Gasteiger partial charge in [-0.2, -0.15) is 5.10 Å². The van der Waals surface area contributed by atoms with E-state index in [1.165, 1.54) is 5.39 Å². The van der Waals surface area contributed by atoms with Crippen LogP contribution in [0, 0.1) is 6.92 Å². The second kappa shape index (κ2) is 8.31. The smallest absolute Gasteiger partial charge is 0.224 e. The molecule has 0 saturated carbocycles. The first-order valence-corrected chi connectivity index (χ1v) is 9.96. The van der Waals surface area contributed by atoms with Gasteiger partial charge >= 0.3 is 0 Å². The van der Waals surface area contributed by atoms with Crippen LogP contribution in [-0.2, 0) is 17.6 Å². The molecule has 1 atom stereocenters. The Hall–Kier alpha value is -3.40. The molecule has 0 aliphatic rings. The number of fused-ring (bicyclic) bond motifs is 1. The second-order valence-electron chi connectivity index (χ2n) is 7.56. The van der Waals surface area contributed by atoms with Gasteiger partial charge in [0.15, 0.2) is 0 Å². The Kier molecular flexibility index (Phi) is 5.43. The van der Waals surface area contributed by atoms with Crippen LogP contribution in [0.3, 0.4) is 0 Å². The summed E-state index contributed by atoms with van der Waals surface area (Å²) >= 11 is 0. The van der Waals surface area contributed by atoms with E-state index in [-0.39, 0.29) is 11.9 Å². The molecule has 1 amide bonds. The number of benzene rings is 3. The van der Waals surface area contributed by atoms with E-state index < -0.39 is 0 Å². The minimum Gasteiger partial charge on any atom is -0.353 e. The molecule has 3 aromatic carbocycles. The summed E-state index contributed by atoms with van der Waals surface area (Å²) in [6.07, 6.45) is 1.10. The van der Waals surface area contributed by atoms with Crippen molar-refractivity contribution < 1.29 is 4.79 Å². The van der Waals surface area contributed by atoms with Gasteiger partial charge in [0.2, 0.25) is 5.91 Å². The van der Waals surface area contributed by atoms with Crippen LogP contribution in [0.1, 0.15) is 23.9 Å². The number of hydrogen-bond donors (Lipinski definition) is 1. The third-order valence-corrected chi connectivity index (χ3v) is 5.01. The molecule has 4 nitrogen and oxygen atoms in total. The Bertz CT molecular complexity index is 1130. The number of aromatic nitrogens is 2. The van der Waals surface area contributed by atoms with Gasteiger partial charge in [0.05, 0.1) is 17.8 Å². The molecule has 0 saturated heterocycles. The van der Waals surface area contributed by atoms with Crippen LogP contribution < -0.4 is 5.32 Å². The molecule has 146 valence electrons. The van der Waals surface area contributed by atoms with E-state index in [9.17, 15) is 4.79 Å². The first kappa shape index (κ1) is 18.9. The lowest BCUT2D eigenvalue weighted by atomic mass is 10.0. The third-order valence-electron chi connectivity index (χ3n) is 5.01. The lowest BCUT2D eigenvalue weighted by molar-refractivity contribution is -0.121. The highest BCUT2D eigenvalue weighted by Crippen LogP contribution is 2.17.